The fourth-order valence-corrected chi connectivity index (χ4v) is 2.37. The van der Waals surface area contributed by atoms with E-state index in [0.29, 0.717) is 11.1 Å². The molecule has 0 saturated heterocycles. The molecule has 8 heteroatoms. The molecule has 0 bridgehead atoms. The Morgan fingerprint density at radius 1 is 1.28 bits per heavy atom. The number of ether oxygens (including phenoxy) is 1. The average molecular weight is 350 g/mol. The van der Waals surface area contributed by atoms with Crippen LogP contribution >= 0.6 is 0 Å². The van der Waals surface area contributed by atoms with Gasteiger partial charge < -0.3 is 20.3 Å². The van der Waals surface area contributed by atoms with Gasteiger partial charge in [0.05, 0.1) is 30.8 Å². The van der Waals surface area contributed by atoms with Crippen LogP contribution in [0.15, 0.2) is 42.5 Å². The van der Waals surface area contributed by atoms with Crippen LogP contribution in [0.4, 0.5) is 10.1 Å². The molecule has 0 fully saturated rings. The summed E-state index contributed by atoms with van der Waals surface area (Å²) in [6, 6.07) is 9.18. The molecule has 0 radical (unpaired) electrons. The molecule has 0 unspecified atom stereocenters. The van der Waals surface area contributed by atoms with Crippen molar-refractivity contribution in [2.45, 2.75) is 18.7 Å². The van der Waals surface area contributed by atoms with Gasteiger partial charge >= 0.3 is 0 Å². The second-order valence-electron chi connectivity index (χ2n) is 5.43. The summed E-state index contributed by atoms with van der Waals surface area (Å²) in [5, 5.41) is 33.4. The summed E-state index contributed by atoms with van der Waals surface area (Å²) in [5.74, 6) is -0.369. The van der Waals surface area contributed by atoms with E-state index in [1.807, 2.05) is 0 Å². The maximum absolute atomic E-state index is 13.7. The van der Waals surface area contributed by atoms with Crippen molar-refractivity contribution in [3.05, 3.63) is 69.5 Å². The Kier molecular flexibility index (Phi) is 6.40. The molecule has 0 aliphatic carbocycles. The number of methoxy groups -OCH3 is 1. The monoisotopic (exact) mass is 350 g/mol. The molecule has 2 aromatic carbocycles. The number of aliphatic hydroxyl groups is 2. The summed E-state index contributed by atoms with van der Waals surface area (Å²) in [6.07, 6.45) is -1.08. The first-order valence-electron chi connectivity index (χ1n) is 7.55. The van der Waals surface area contributed by atoms with Gasteiger partial charge in [-0.2, -0.15) is 0 Å². The van der Waals surface area contributed by atoms with Crippen molar-refractivity contribution in [1.82, 2.24) is 5.32 Å². The molecule has 0 amide bonds. The van der Waals surface area contributed by atoms with E-state index in [2.05, 4.69) is 5.32 Å². The smallest absolute Gasteiger partial charge is 0.269 e. The van der Waals surface area contributed by atoms with Crippen LogP contribution in [0.5, 0.6) is 5.75 Å². The summed E-state index contributed by atoms with van der Waals surface area (Å²) < 4.78 is 18.5. The van der Waals surface area contributed by atoms with Gasteiger partial charge in [0.15, 0.2) is 11.6 Å². The lowest BCUT2D eigenvalue weighted by atomic mass is 10.0. The lowest BCUT2D eigenvalue weighted by Gasteiger charge is -2.22. The molecule has 0 heterocycles. The van der Waals surface area contributed by atoms with Crippen LogP contribution in [-0.2, 0) is 6.54 Å². The van der Waals surface area contributed by atoms with Crippen molar-refractivity contribution in [1.29, 1.82) is 0 Å². The van der Waals surface area contributed by atoms with Crippen LogP contribution < -0.4 is 10.1 Å². The standard InChI is InChI=1S/C17H19FN2O5/c1-25-16-7-2-11(8-14(16)18)9-19-15(10-21)17(22)12-3-5-13(6-4-12)20(23)24/h2-8,15,17,19,21-22H,9-10H2,1H3/t15-,17-/m0/s1. The Balaban J connectivity index is 2.03. The average Bonchev–Trinajstić information content (AvgIpc) is 2.62. The Morgan fingerprint density at radius 3 is 2.48 bits per heavy atom. The van der Waals surface area contributed by atoms with E-state index < -0.39 is 22.9 Å². The molecule has 0 aliphatic heterocycles. The minimum Gasteiger partial charge on any atom is -0.494 e. The number of nitrogens with zero attached hydrogens (tertiary/aromatic N) is 1. The number of nitro benzene ring substituents is 1. The fourth-order valence-electron chi connectivity index (χ4n) is 2.37. The van der Waals surface area contributed by atoms with Crippen molar-refractivity contribution in [3.63, 3.8) is 0 Å². The highest BCUT2D eigenvalue weighted by molar-refractivity contribution is 5.34. The van der Waals surface area contributed by atoms with Gasteiger partial charge in [-0.1, -0.05) is 6.07 Å². The Labute approximate surface area is 143 Å². The van der Waals surface area contributed by atoms with Gasteiger partial charge in [-0.15, -0.1) is 0 Å². The highest BCUT2D eigenvalue weighted by Gasteiger charge is 2.20. The zero-order chi connectivity index (χ0) is 18.4. The molecule has 0 aliphatic rings. The first kappa shape index (κ1) is 18.8. The summed E-state index contributed by atoms with van der Waals surface area (Å²) in [4.78, 5) is 10.1. The van der Waals surface area contributed by atoms with Crippen molar-refractivity contribution in [2.75, 3.05) is 13.7 Å². The lowest BCUT2D eigenvalue weighted by molar-refractivity contribution is -0.384. The highest BCUT2D eigenvalue weighted by atomic mass is 19.1. The van der Waals surface area contributed by atoms with Crippen LogP contribution in [0.2, 0.25) is 0 Å². The number of rotatable bonds is 8. The largest absolute Gasteiger partial charge is 0.494 e. The van der Waals surface area contributed by atoms with Crippen LogP contribution in [0.25, 0.3) is 0 Å². The predicted octanol–water partition coefficient (Wildman–Crippen LogP) is 1.93. The highest BCUT2D eigenvalue weighted by Crippen LogP contribution is 2.21. The summed E-state index contributed by atoms with van der Waals surface area (Å²) in [7, 11) is 1.37. The molecule has 134 valence electrons. The van der Waals surface area contributed by atoms with Crippen LogP contribution in [0, 0.1) is 15.9 Å². The van der Waals surface area contributed by atoms with E-state index in [1.165, 1.54) is 43.5 Å². The van der Waals surface area contributed by atoms with Gasteiger partial charge in [0.25, 0.3) is 5.69 Å². The molecule has 0 spiro atoms. The maximum Gasteiger partial charge on any atom is 0.269 e. The number of nitrogens with one attached hydrogen (secondary N) is 1. The third kappa shape index (κ3) is 4.72. The Hall–Kier alpha value is -2.55. The molecule has 0 aromatic heterocycles. The van der Waals surface area contributed by atoms with Gasteiger partial charge in [0.2, 0.25) is 0 Å². The Morgan fingerprint density at radius 2 is 1.96 bits per heavy atom. The van der Waals surface area contributed by atoms with Crippen LogP contribution in [0.1, 0.15) is 17.2 Å². The molecule has 2 atom stereocenters. The quantitative estimate of drug-likeness (QED) is 0.496. The van der Waals surface area contributed by atoms with E-state index in [4.69, 9.17) is 4.74 Å². The van der Waals surface area contributed by atoms with Crippen molar-refractivity contribution < 1.29 is 24.3 Å². The fraction of sp³-hybridized carbons (Fsp3) is 0.294. The molecular weight excluding hydrogens is 331 g/mol. The number of hydrogen-bond donors (Lipinski definition) is 3. The van der Waals surface area contributed by atoms with Gasteiger partial charge in [-0.25, -0.2) is 4.39 Å². The minimum atomic E-state index is -1.08. The molecule has 0 saturated carbocycles. The van der Waals surface area contributed by atoms with Crippen molar-refractivity contribution in [2.24, 2.45) is 0 Å². The van der Waals surface area contributed by atoms with Crippen LogP contribution in [0.3, 0.4) is 0 Å². The number of non-ortho nitro benzene ring substituents is 1. The van der Waals surface area contributed by atoms with Gasteiger partial charge in [0.1, 0.15) is 0 Å². The second-order valence-corrected chi connectivity index (χ2v) is 5.43. The van der Waals surface area contributed by atoms with Gasteiger partial charge in [-0.3, -0.25) is 10.1 Å². The Bertz CT molecular complexity index is 723. The van der Waals surface area contributed by atoms with Crippen molar-refractivity contribution >= 4 is 5.69 Å². The third-order valence-electron chi connectivity index (χ3n) is 3.81. The first-order valence-corrected chi connectivity index (χ1v) is 7.55. The van der Waals surface area contributed by atoms with Crippen molar-refractivity contribution in [3.8, 4) is 5.75 Å². The topological polar surface area (TPSA) is 105 Å². The molecule has 7 nitrogen and oxygen atoms in total. The summed E-state index contributed by atoms with van der Waals surface area (Å²) in [5.41, 5.74) is 0.962. The number of hydrogen-bond acceptors (Lipinski definition) is 6. The summed E-state index contributed by atoms with van der Waals surface area (Å²) in [6.45, 7) is -0.146. The third-order valence-corrected chi connectivity index (χ3v) is 3.81. The molecule has 3 N–H and O–H groups in total. The van der Waals surface area contributed by atoms with E-state index in [1.54, 1.807) is 6.07 Å². The number of benzene rings is 2. The van der Waals surface area contributed by atoms with Gasteiger partial charge in [-0.05, 0) is 35.4 Å². The molecule has 2 rings (SSSR count). The molecule has 2 aromatic rings. The lowest BCUT2D eigenvalue weighted by Crippen LogP contribution is -2.37. The second kappa shape index (κ2) is 8.52. The zero-order valence-electron chi connectivity index (χ0n) is 13.6. The van der Waals surface area contributed by atoms with E-state index in [0.717, 1.165) is 0 Å². The van der Waals surface area contributed by atoms with Gasteiger partial charge in [0, 0.05) is 18.7 Å². The number of halogens is 1. The maximum atomic E-state index is 13.7. The number of nitro groups is 1. The number of aliphatic hydroxyl groups excluding tert-OH is 2. The minimum absolute atomic E-state index is 0.0850. The normalized spacial score (nSPS) is 13.3. The molecule has 25 heavy (non-hydrogen) atoms. The SMILES string of the molecule is COc1ccc(CN[C@@H](CO)[C@@H](O)c2ccc([N+](=O)[O-])cc2)cc1F. The van der Waals surface area contributed by atoms with Crippen LogP contribution in [-0.4, -0.2) is 34.9 Å². The first-order chi connectivity index (χ1) is 12.0. The van der Waals surface area contributed by atoms with E-state index in [9.17, 15) is 24.7 Å². The summed E-state index contributed by atoms with van der Waals surface area (Å²) >= 11 is 0. The van der Waals surface area contributed by atoms with E-state index >= 15 is 0 Å². The molecular formula is C17H19FN2O5. The zero-order valence-corrected chi connectivity index (χ0v) is 13.6. The predicted molar refractivity (Wildman–Crippen MR) is 88.7 cm³/mol. The van der Waals surface area contributed by atoms with E-state index in [-0.39, 0.29) is 24.6 Å².